The topological polar surface area (TPSA) is 43.1 Å². The number of rotatable bonds is 0. The van der Waals surface area contributed by atoms with Crippen LogP contribution >= 0.6 is 11.3 Å². The van der Waals surface area contributed by atoms with Crippen molar-refractivity contribution in [2.45, 2.75) is 0 Å². The van der Waals surface area contributed by atoms with Crippen molar-refractivity contribution in [3.8, 4) is 11.8 Å². The molecule has 2 N–H and O–H groups in total. The number of carbonyl (C=O) groups is 1. The summed E-state index contributed by atoms with van der Waals surface area (Å²) in [5.41, 5.74) is 5.74. The highest BCUT2D eigenvalue weighted by atomic mass is 32.1. The van der Waals surface area contributed by atoms with Crippen molar-refractivity contribution in [2.24, 2.45) is 5.73 Å². The molecule has 0 unspecified atom stereocenters. The summed E-state index contributed by atoms with van der Waals surface area (Å²) in [6.07, 6.45) is 0. The summed E-state index contributed by atoms with van der Waals surface area (Å²) in [5.74, 6) is 4.42. The van der Waals surface area contributed by atoms with Crippen LogP contribution in [0, 0.1) is 11.8 Å². The van der Waals surface area contributed by atoms with Crippen molar-refractivity contribution < 1.29 is 4.79 Å². The Labute approximate surface area is 85.3 Å². The van der Waals surface area contributed by atoms with E-state index < -0.39 is 5.91 Å². The van der Waals surface area contributed by atoms with Crippen molar-refractivity contribution in [1.82, 2.24) is 0 Å². The summed E-state index contributed by atoms with van der Waals surface area (Å²) in [5, 5.41) is 3.17. The Balaban J connectivity index is 2.45. The fourth-order valence-electron chi connectivity index (χ4n) is 1.18. The number of hydrogen-bond donors (Lipinski definition) is 1. The van der Waals surface area contributed by atoms with Crippen LogP contribution in [0.1, 0.15) is 5.56 Å². The predicted molar refractivity (Wildman–Crippen MR) is 57.9 cm³/mol. The zero-order chi connectivity index (χ0) is 9.97. The highest BCUT2D eigenvalue weighted by Crippen LogP contribution is 2.21. The molecule has 2 rings (SSSR count). The Bertz CT molecular complexity index is 545. The molecule has 0 saturated heterocycles. The summed E-state index contributed by atoms with van der Waals surface area (Å²) in [4.78, 5) is 10.4. The summed E-state index contributed by atoms with van der Waals surface area (Å²) in [6, 6.07) is 7.84. The van der Waals surface area contributed by atoms with Gasteiger partial charge in [0.2, 0.25) is 0 Å². The second kappa shape index (κ2) is 3.52. The van der Waals surface area contributed by atoms with Crippen molar-refractivity contribution >= 4 is 27.3 Å². The fraction of sp³-hybridized carbons (Fsp3) is 0. The molecule has 2 nitrogen and oxygen atoms in total. The number of nitrogens with two attached hydrogens (primary N) is 1. The lowest BCUT2D eigenvalue weighted by Crippen LogP contribution is -2.06. The molecule has 0 aliphatic heterocycles. The van der Waals surface area contributed by atoms with Crippen LogP contribution in [0.4, 0.5) is 0 Å². The molecular weight excluding hydrogens is 194 g/mol. The normalized spacial score (nSPS) is 9.43. The average Bonchev–Trinajstić information content (AvgIpc) is 2.61. The number of thiophene rings is 1. The average molecular weight is 201 g/mol. The summed E-state index contributed by atoms with van der Waals surface area (Å²) in [7, 11) is 0. The zero-order valence-corrected chi connectivity index (χ0v) is 8.10. The first-order chi connectivity index (χ1) is 6.75. The van der Waals surface area contributed by atoms with Gasteiger partial charge in [-0.2, -0.15) is 0 Å². The Morgan fingerprint density at radius 2 is 2.21 bits per heavy atom. The summed E-state index contributed by atoms with van der Waals surface area (Å²) >= 11 is 1.68. The quantitative estimate of drug-likeness (QED) is 0.648. The zero-order valence-electron chi connectivity index (χ0n) is 7.28. The molecule has 0 aliphatic rings. The number of benzene rings is 1. The van der Waals surface area contributed by atoms with Gasteiger partial charge in [0.05, 0.1) is 0 Å². The number of amides is 1. The predicted octanol–water partition coefficient (Wildman–Crippen LogP) is 1.74. The fourth-order valence-corrected chi connectivity index (χ4v) is 1.95. The van der Waals surface area contributed by atoms with Gasteiger partial charge >= 0.3 is 0 Å². The second-order valence-corrected chi connectivity index (χ2v) is 3.74. The monoisotopic (exact) mass is 201 g/mol. The molecule has 0 saturated carbocycles. The molecule has 1 aromatic carbocycles. The smallest absolute Gasteiger partial charge is 0.293 e. The maximum absolute atomic E-state index is 10.4. The third-order valence-electron chi connectivity index (χ3n) is 1.78. The van der Waals surface area contributed by atoms with Gasteiger partial charge in [-0.15, -0.1) is 11.3 Å². The molecule has 0 atom stereocenters. The molecule has 68 valence electrons. The van der Waals surface area contributed by atoms with Gasteiger partial charge in [-0.1, -0.05) is 5.92 Å². The number of carbonyl (C=O) groups excluding carboxylic acids is 1. The first kappa shape index (κ1) is 8.79. The molecule has 1 heterocycles. The van der Waals surface area contributed by atoms with E-state index in [0.717, 1.165) is 10.9 Å². The van der Waals surface area contributed by atoms with Crippen molar-refractivity contribution in [2.75, 3.05) is 0 Å². The number of primary amides is 1. The van der Waals surface area contributed by atoms with Gasteiger partial charge in [-0.25, -0.2) is 0 Å². The molecule has 0 aliphatic carbocycles. The number of hydrogen-bond acceptors (Lipinski definition) is 2. The van der Waals surface area contributed by atoms with E-state index in [0.29, 0.717) is 0 Å². The first-order valence-corrected chi connectivity index (χ1v) is 4.92. The Morgan fingerprint density at radius 3 is 3.00 bits per heavy atom. The molecular formula is C11H7NOS. The largest absolute Gasteiger partial charge is 0.359 e. The van der Waals surface area contributed by atoms with Crippen LogP contribution in [-0.4, -0.2) is 5.91 Å². The van der Waals surface area contributed by atoms with Gasteiger partial charge in [-0.05, 0) is 41.0 Å². The standard InChI is InChI=1S/C11H7NOS/c12-11(13)4-2-8-1-3-10-9(7-8)5-6-14-10/h1,3,5-7H,(H2,12,13). The van der Waals surface area contributed by atoms with Gasteiger partial charge in [-0.3, -0.25) is 4.79 Å². The highest BCUT2D eigenvalue weighted by molar-refractivity contribution is 7.17. The van der Waals surface area contributed by atoms with Crippen LogP contribution in [0.3, 0.4) is 0 Å². The van der Waals surface area contributed by atoms with E-state index in [4.69, 9.17) is 5.73 Å². The Hall–Kier alpha value is -1.79. The van der Waals surface area contributed by atoms with Crippen LogP contribution in [0.5, 0.6) is 0 Å². The molecule has 3 heteroatoms. The van der Waals surface area contributed by atoms with E-state index in [1.807, 2.05) is 29.6 Å². The molecule has 1 aromatic heterocycles. The minimum Gasteiger partial charge on any atom is -0.359 e. The van der Waals surface area contributed by atoms with Crippen LogP contribution in [0.25, 0.3) is 10.1 Å². The second-order valence-electron chi connectivity index (χ2n) is 2.79. The molecule has 0 radical (unpaired) electrons. The minimum absolute atomic E-state index is 0.601. The lowest BCUT2D eigenvalue weighted by Gasteiger charge is -1.90. The van der Waals surface area contributed by atoms with Crippen LogP contribution in [0.2, 0.25) is 0 Å². The van der Waals surface area contributed by atoms with Gasteiger partial charge in [0.25, 0.3) is 5.91 Å². The first-order valence-electron chi connectivity index (χ1n) is 4.04. The van der Waals surface area contributed by atoms with E-state index in [2.05, 4.69) is 11.8 Å². The third-order valence-corrected chi connectivity index (χ3v) is 2.68. The third kappa shape index (κ3) is 1.76. The van der Waals surface area contributed by atoms with Crippen molar-refractivity contribution in [3.05, 3.63) is 35.2 Å². The molecule has 0 fully saturated rings. The SMILES string of the molecule is NC(=O)C#Cc1ccc2sccc2c1. The summed E-state index contributed by atoms with van der Waals surface area (Å²) < 4.78 is 1.22. The Kier molecular flexibility index (Phi) is 2.21. The maximum Gasteiger partial charge on any atom is 0.293 e. The van der Waals surface area contributed by atoms with Gasteiger partial charge < -0.3 is 5.73 Å². The van der Waals surface area contributed by atoms with E-state index >= 15 is 0 Å². The lowest BCUT2D eigenvalue weighted by atomic mass is 10.2. The van der Waals surface area contributed by atoms with Gasteiger partial charge in [0.15, 0.2) is 0 Å². The highest BCUT2D eigenvalue weighted by Gasteiger charge is 1.94. The Morgan fingerprint density at radius 1 is 1.36 bits per heavy atom. The van der Waals surface area contributed by atoms with Crippen LogP contribution < -0.4 is 5.73 Å². The van der Waals surface area contributed by atoms with E-state index in [9.17, 15) is 4.79 Å². The maximum atomic E-state index is 10.4. The molecule has 2 aromatic rings. The molecule has 1 amide bonds. The lowest BCUT2D eigenvalue weighted by molar-refractivity contribution is -0.112. The molecule has 0 bridgehead atoms. The number of fused-ring (bicyclic) bond motifs is 1. The molecule has 0 spiro atoms. The van der Waals surface area contributed by atoms with E-state index in [-0.39, 0.29) is 0 Å². The van der Waals surface area contributed by atoms with E-state index in [1.54, 1.807) is 11.3 Å². The molecule has 14 heavy (non-hydrogen) atoms. The van der Waals surface area contributed by atoms with Crippen LogP contribution in [-0.2, 0) is 4.79 Å². The van der Waals surface area contributed by atoms with E-state index in [1.165, 1.54) is 4.70 Å². The minimum atomic E-state index is -0.601. The van der Waals surface area contributed by atoms with Crippen LogP contribution in [0.15, 0.2) is 29.6 Å². The van der Waals surface area contributed by atoms with Gasteiger partial charge in [0.1, 0.15) is 0 Å². The summed E-state index contributed by atoms with van der Waals surface area (Å²) in [6.45, 7) is 0. The van der Waals surface area contributed by atoms with Crippen molar-refractivity contribution in [1.29, 1.82) is 0 Å². The van der Waals surface area contributed by atoms with Crippen molar-refractivity contribution in [3.63, 3.8) is 0 Å². The van der Waals surface area contributed by atoms with Gasteiger partial charge in [0, 0.05) is 10.3 Å².